The van der Waals surface area contributed by atoms with Crippen LogP contribution >= 0.6 is 0 Å². The van der Waals surface area contributed by atoms with Gasteiger partial charge in [0.15, 0.2) is 0 Å². The van der Waals surface area contributed by atoms with Crippen molar-refractivity contribution in [2.24, 2.45) is 5.41 Å². The van der Waals surface area contributed by atoms with Crippen LogP contribution in [0.15, 0.2) is 151 Å². The zero-order chi connectivity index (χ0) is 37.2. The fourth-order valence-electron chi connectivity index (χ4n) is 7.08. The molecule has 55 heavy (non-hydrogen) atoms. The van der Waals surface area contributed by atoms with E-state index in [-0.39, 0.29) is 20.1 Å². The summed E-state index contributed by atoms with van der Waals surface area (Å²) in [5.41, 5.74) is 13.8. The summed E-state index contributed by atoms with van der Waals surface area (Å²) in [6.07, 6.45) is 8.74. The second-order valence-electron chi connectivity index (χ2n) is 15.1. The second kappa shape index (κ2) is 15.9. The SMILES string of the molecule is Cc1c[c-]c(-c2ccc(CC(C)(C)C)cn2)cc1.Cc1cncc2c(-c3cccc4c3oc3c(-c5cc(-c6ccccc6)ccn5)[c-]ccc34)cccc12.[Ir]. The predicted octanol–water partition coefficient (Wildman–Crippen LogP) is 13.1. The van der Waals surface area contributed by atoms with Gasteiger partial charge < -0.3 is 14.4 Å². The summed E-state index contributed by atoms with van der Waals surface area (Å²) >= 11 is 0. The van der Waals surface area contributed by atoms with Crippen LogP contribution in [0.2, 0.25) is 0 Å². The molecule has 1 radical (unpaired) electrons. The molecule has 0 aliphatic heterocycles. The molecule has 0 saturated carbocycles. The molecule has 0 saturated heterocycles. The van der Waals surface area contributed by atoms with Crippen molar-refractivity contribution in [3.8, 4) is 44.8 Å². The van der Waals surface area contributed by atoms with E-state index in [9.17, 15) is 0 Å². The molecular formula is C50H41IrN3O-2. The Morgan fingerprint density at radius 2 is 1.40 bits per heavy atom. The van der Waals surface area contributed by atoms with E-state index in [0.717, 1.165) is 84.1 Å². The normalized spacial score (nSPS) is 11.3. The Kier molecular flexibility index (Phi) is 10.9. The number of aromatic nitrogens is 3. The molecule has 0 aliphatic rings. The zero-order valence-electron chi connectivity index (χ0n) is 31.6. The van der Waals surface area contributed by atoms with Crippen LogP contribution in [0.5, 0.6) is 0 Å². The topological polar surface area (TPSA) is 51.8 Å². The van der Waals surface area contributed by atoms with Crippen LogP contribution < -0.4 is 0 Å². The van der Waals surface area contributed by atoms with Crippen molar-refractivity contribution in [2.45, 2.75) is 41.0 Å². The maximum absolute atomic E-state index is 6.66. The number of furan rings is 1. The minimum Gasteiger partial charge on any atom is -0.500 e. The molecule has 0 atom stereocenters. The maximum atomic E-state index is 6.66. The number of fused-ring (bicyclic) bond motifs is 4. The Bertz CT molecular complexity index is 2730. The van der Waals surface area contributed by atoms with Gasteiger partial charge in [-0.25, -0.2) is 0 Å². The maximum Gasteiger partial charge on any atom is 0.128 e. The van der Waals surface area contributed by atoms with E-state index < -0.39 is 0 Å². The van der Waals surface area contributed by atoms with E-state index >= 15 is 0 Å². The van der Waals surface area contributed by atoms with Crippen LogP contribution in [-0.2, 0) is 26.5 Å². The number of nitrogens with zero attached hydrogens (tertiary/aromatic N) is 3. The molecule has 0 bridgehead atoms. The van der Waals surface area contributed by atoms with E-state index in [1.807, 2.05) is 61.2 Å². The minimum absolute atomic E-state index is 0. The molecule has 5 heteroatoms. The van der Waals surface area contributed by atoms with Gasteiger partial charge >= 0.3 is 0 Å². The number of benzene rings is 5. The first kappa shape index (κ1) is 37.6. The Balaban J connectivity index is 0.000000208. The quantitative estimate of drug-likeness (QED) is 0.162. The zero-order valence-corrected chi connectivity index (χ0v) is 34.0. The number of para-hydroxylation sites is 1. The summed E-state index contributed by atoms with van der Waals surface area (Å²) in [6.45, 7) is 10.9. The van der Waals surface area contributed by atoms with Gasteiger partial charge in [0.05, 0.1) is 5.58 Å². The van der Waals surface area contributed by atoms with Crippen LogP contribution in [0.1, 0.15) is 37.5 Å². The first-order chi connectivity index (χ1) is 26.2. The summed E-state index contributed by atoms with van der Waals surface area (Å²) in [5, 5.41) is 4.46. The van der Waals surface area contributed by atoms with Gasteiger partial charge in [0, 0.05) is 61.2 Å². The Hall–Kier alpha value is -5.74. The second-order valence-corrected chi connectivity index (χ2v) is 15.1. The van der Waals surface area contributed by atoms with Gasteiger partial charge in [0.25, 0.3) is 0 Å². The standard InChI is InChI=1S/C33H21N2O.C17H20N.Ir/c1-21-19-34-20-30-24(21)10-5-11-25(30)26-12-6-13-27-28-14-7-15-29(33(28)36-32(26)27)31-18-23(16-17-35-31)22-8-3-2-4-9-22;1-13-5-8-15(9-6-13)16-10-7-14(12-18-16)11-17(2,3)4;/h2-14,16-20H,1H3;5-8,10,12H,11H2,1-4H3;/q2*-1;. The van der Waals surface area contributed by atoms with Crippen molar-refractivity contribution < 1.29 is 24.5 Å². The number of aryl methyl sites for hydroxylation is 2. The summed E-state index contributed by atoms with van der Waals surface area (Å²) in [6, 6.07) is 48.3. The predicted molar refractivity (Wildman–Crippen MR) is 223 cm³/mol. The molecule has 9 rings (SSSR count). The van der Waals surface area contributed by atoms with Gasteiger partial charge in [-0.3, -0.25) is 4.98 Å². The molecule has 4 heterocycles. The third-order valence-corrected chi connectivity index (χ3v) is 9.68. The Morgan fingerprint density at radius 3 is 2.15 bits per heavy atom. The molecule has 0 aliphatic carbocycles. The molecule has 273 valence electrons. The summed E-state index contributed by atoms with van der Waals surface area (Å²) in [5.74, 6) is 0. The van der Waals surface area contributed by atoms with Crippen LogP contribution in [0, 0.1) is 31.4 Å². The van der Waals surface area contributed by atoms with Crippen LogP contribution in [0.4, 0.5) is 0 Å². The first-order valence-corrected chi connectivity index (χ1v) is 18.4. The van der Waals surface area contributed by atoms with Crippen molar-refractivity contribution in [1.29, 1.82) is 0 Å². The molecule has 0 unspecified atom stereocenters. The van der Waals surface area contributed by atoms with Crippen molar-refractivity contribution in [1.82, 2.24) is 15.0 Å². The number of hydrogen-bond donors (Lipinski definition) is 0. The molecule has 0 amide bonds. The van der Waals surface area contributed by atoms with Gasteiger partial charge in [0.1, 0.15) is 5.58 Å². The molecule has 0 N–H and O–H groups in total. The van der Waals surface area contributed by atoms with E-state index in [1.165, 1.54) is 16.5 Å². The third kappa shape index (κ3) is 8.05. The fraction of sp³-hybridized carbons (Fsp3) is 0.140. The average Bonchev–Trinajstić information content (AvgIpc) is 3.58. The van der Waals surface area contributed by atoms with Crippen molar-refractivity contribution in [3.05, 3.63) is 175 Å². The third-order valence-electron chi connectivity index (χ3n) is 9.68. The van der Waals surface area contributed by atoms with Crippen LogP contribution in [-0.4, -0.2) is 15.0 Å². The first-order valence-electron chi connectivity index (χ1n) is 18.4. The number of pyridine rings is 3. The van der Waals surface area contributed by atoms with Gasteiger partial charge in [-0.05, 0) is 69.4 Å². The van der Waals surface area contributed by atoms with E-state index in [0.29, 0.717) is 5.41 Å². The molecule has 0 spiro atoms. The average molecular weight is 892 g/mol. The summed E-state index contributed by atoms with van der Waals surface area (Å²) in [7, 11) is 0. The van der Waals surface area contributed by atoms with E-state index in [2.05, 4.69) is 147 Å². The van der Waals surface area contributed by atoms with E-state index in [4.69, 9.17) is 4.42 Å². The molecule has 9 aromatic rings. The van der Waals surface area contributed by atoms with Gasteiger partial charge in [-0.1, -0.05) is 124 Å². The number of rotatable bonds is 5. The number of hydrogen-bond acceptors (Lipinski definition) is 4. The molecule has 4 aromatic heterocycles. The van der Waals surface area contributed by atoms with Crippen LogP contribution in [0.3, 0.4) is 0 Å². The molecule has 0 fully saturated rings. The summed E-state index contributed by atoms with van der Waals surface area (Å²) in [4.78, 5) is 13.7. The van der Waals surface area contributed by atoms with E-state index in [1.54, 1.807) is 0 Å². The summed E-state index contributed by atoms with van der Waals surface area (Å²) < 4.78 is 6.66. The smallest absolute Gasteiger partial charge is 0.128 e. The molecule has 5 aromatic carbocycles. The van der Waals surface area contributed by atoms with Crippen molar-refractivity contribution in [2.75, 3.05) is 0 Å². The van der Waals surface area contributed by atoms with Crippen LogP contribution in [0.25, 0.3) is 77.5 Å². The Morgan fingerprint density at radius 1 is 0.618 bits per heavy atom. The Labute approximate surface area is 336 Å². The van der Waals surface area contributed by atoms with Crippen molar-refractivity contribution >= 4 is 32.7 Å². The van der Waals surface area contributed by atoms with Gasteiger partial charge in [0.2, 0.25) is 0 Å². The monoisotopic (exact) mass is 892 g/mol. The minimum atomic E-state index is 0. The molecular weight excluding hydrogens is 851 g/mol. The van der Waals surface area contributed by atoms with Gasteiger partial charge in [-0.2, -0.15) is 0 Å². The fourth-order valence-corrected chi connectivity index (χ4v) is 7.08. The largest absolute Gasteiger partial charge is 0.500 e. The van der Waals surface area contributed by atoms with Crippen molar-refractivity contribution in [3.63, 3.8) is 0 Å². The van der Waals surface area contributed by atoms with Gasteiger partial charge in [-0.15, -0.1) is 53.6 Å². The molecule has 4 nitrogen and oxygen atoms in total.